The fraction of sp³-hybridized carbons (Fsp3) is 0.529. The SMILES string of the molecule is COc1ccc(COCCCCC2CC=CC2)cc1. The zero-order valence-corrected chi connectivity index (χ0v) is 11.8. The monoisotopic (exact) mass is 260 g/mol. The smallest absolute Gasteiger partial charge is 0.118 e. The zero-order chi connectivity index (χ0) is 13.3. The van der Waals surface area contributed by atoms with Crippen LogP contribution in [0.25, 0.3) is 0 Å². The molecule has 0 unspecified atom stereocenters. The van der Waals surface area contributed by atoms with Crippen molar-refractivity contribution in [2.75, 3.05) is 13.7 Å². The standard InChI is InChI=1S/C17H24O2/c1-18-17-11-9-16(10-12-17)14-19-13-5-4-8-15-6-2-3-7-15/h2-3,9-12,15H,4-8,13-14H2,1H3. The van der Waals surface area contributed by atoms with Crippen LogP contribution >= 0.6 is 0 Å². The van der Waals surface area contributed by atoms with Gasteiger partial charge in [0.05, 0.1) is 13.7 Å². The summed E-state index contributed by atoms with van der Waals surface area (Å²) in [5.74, 6) is 1.80. The van der Waals surface area contributed by atoms with Crippen LogP contribution in [0.15, 0.2) is 36.4 Å². The second-order valence-electron chi connectivity index (χ2n) is 5.21. The molecule has 0 bridgehead atoms. The number of hydrogen-bond donors (Lipinski definition) is 0. The van der Waals surface area contributed by atoms with Crippen molar-refractivity contribution in [2.24, 2.45) is 5.92 Å². The maximum Gasteiger partial charge on any atom is 0.118 e. The van der Waals surface area contributed by atoms with Crippen molar-refractivity contribution in [2.45, 2.75) is 38.7 Å². The van der Waals surface area contributed by atoms with Crippen LogP contribution in [-0.2, 0) is 11.3 Å². The van der Waals surface area contributed by atoms with Gasteiger partial charge in [0.2, 0.25) is 0 Å². The molecule has 1 aromatic carbocycles. The van der Waals surface area contributed by atoms with Gasteiger partial charge in [-0.05, 0) is 49.3 Å². The van der Waals surface area contributed by atoms with Gasteiger partial charge in [0.15, 0.2) is 0 Å². The minimum atomic E-state index is 0.703. The van der Waals surface area contributed by atoms with Crippen molar-refractivity contribution in [3.63, 3.8) is 0 Å². The minimum Gasteiger partial charge on any atom is -0.497 e. The van der Waals surface area contributed by atoms with Gasteiger partial charge in [0.1, 0.15) is 5.75 Å². The molecule has 2 rings (SSSR count). The summed E-state index contributed by atoms with van der Waals surface area (Å²) in [5, 5.41) is 0. The van der Waals surface area contributed by atoms with Crippen LogP contribution in [0.5, 0.6) is 5.75 Å². The molecule has 0 radical (unpaired) electrons. The third-order valence-electron chi connectivity index (χ3n) is 3.68. The summed E-state index contributed by atoms with van der Waals surface area (Å²) in [7, 11) is 1.69. The van der Waals surface area contributed by atoms with Gasteiger partial charge in [-0.25, -0.2) is 0 Å². The fourth-order valence-corrected chi connectivity index (χ4v) is 2.46. The first-order valence-corrected chi connectivity index (χ1v) is 7.24. The van der Waals surface area contributed by atoms with Gasteiger partial charge in [0.25, 0.3) is 0 Å². The predicted molar refractivity (Wildman–Crippen MR) is 78.4 cm³/mol. The van der Waals surface area contributed by atoms with Gasteiger partial charge in [-0.1, -0.05) is 30.7 Å². The van der Waals surface area contributed by atoms with E-state index in [0.29, 0.717) is 6.61 Å². The predicted octanol–water partition coefficient (Wildman–Crippen LogP) is 4.35. The molecule has 0 aliphatic heterocycles. The van der Waals surface area contributed by atoms with Crippen LogP contribution in [0.2, 0.25) is 0 Å². The quantitative estimate of drug-likeness (QED) is 0.511. The van der Waals surface area contributed by atoms with Gasteiger partial charge < -0.3 is 9.47 Å². The fourth-order valence-electron chi connectivity index (χ4n) is 2.46. The number of hydrogen-bond acceptors (Lipinski definition) is 2. The van der Waals surface area contributed by atoms with Crippen LogP contribution in [0.1, 0.15) is 37.7 Å². The Morgan fingerprint density at radius 2 is 1.79 bits per heavy atom. The highest BCUT2D eigenvalue weighted by molar-refractivity contribution is 5.26. The molecular weight excluding hydrogens is 236 g/mol. The Morgan fingerprint density at radius 3 is 2.47 bits per heavy atom. The summed E-state index contributed by atoms with van der Waals surface area (Å²) in [6, 6.07) is 8.07. The Morgan fingerprint density at radius 1 is 1.05 bits per heavy atom. The van der Waals surface area contributed by atoms with E-state index in [1.165, 1.54) is 37.7 Å². The van der Waals surface area contributed by atoms with E-state index in [-0.39, 0.29) is 0 Å². The maximum absolute atomic E-state index is 5.70. The lowest BCUT2D eigenvalue weighted by molar-refractivity contribution is 0.116. The average molecular weight is 260 g/mol. The molecule has 0 aromatic heterocycles. The molecule has 0 N–H and O–H groups in total. The minimum absolute atomic E-state index is 0.703. The molecule has 1 aromatic rings. The van der Waals surface area contributed by atoms with Crippen LogP contribution in [0.3, 0.4) is 0 Å². The third kappa shape index (κ3) is 5.07. The Hall–Kier alpha value is -1.28. The molecule has 0 atom stereocenters. The van der Waals surface area contributed by atoms with Crippen molar-refractivity contribution in [3.8, 4) is 5.75 Å². The highest BCUT2D eigenvalue weighted by Crippen LogP contribution is 2.23. The Balaban J connectivity index is 1.51. The summed E-state index contributed by atoms with van der Waals surface area (Å²) >= 11 is 0. The summed E-state index contributed by atoms with van der Waals surface area (Å²) < 4.78 is 10.8. The molecule has 0 fully saturated rings. The summed E-state index contributed by atoms with van der Waals surface area (Å²) in [6.07, 6.45) is 11.0. The summed E-state index contributed by atoms with van der Waals surface area (Å²) in [6.45, 7) is 1.57. The normalized spacial score (nSPS) is 15.0. The lowest BCUT2D eigenvalue weighted by Crippen LogP contribution is -1.98. The topological polar surface area (TPSA) is 18.5 Å². The van der Waals surface area contributed by atoms with E-state index in [9.17, 15) is 0 Å². The molecule has 0 saturated heterocycles. The summed E-state index contributed by atoms with van der Waals surface area (Å²) in [4.78, 5) is 0. The lowest BCUT2D eigenvalue weighted by Gasteiger charge is -2.09. The molecule has 0 heterocycles. The molecule has 1 aliphatic rings. The van der Waals surface area contributed by atoms with Gasteiger partial charge in [-0.2, -0.15) is 0 Å². The van der Waals surface area contributed by atoms with Crippen molar-refractivity contribution < 1.29 is 9.47 Å². The molecule has 2 nitrogen and oxygen atoms in total. The molecule has 2 heteroatoms. The van der Waals surface area contributed by atoms with Crippen molar-refractivity contribution in [3.05, 3.63) is 42.0 Å². The molecule has 0 amide bonds. The van der Waals surface area contributed by atoms with Crippen LogP contribution < -0.4 is 4.74 Å². The van der Waals surface area contributed by atoms with Gasteiger partial charge in [0, 0.05) is 6.61 Å². The summed E-state index contributed by atoms with van der Waals surface area (Å²) in [5.41, 5.74) is 1.21. The molecule has 19 heavy (non-hydrogen) atoms. The van der Waals surface area contributed by atoms with Gasteiger partial charge in [-0.15, -0.1) is 0 Å². The van der Waals surface area contributed by atoms with Crippen LogP contribution in [0.4, 0.5) is 0 Å². The van der Waals surface area contributed by atoms with E-state index >= 15 is 0 Å². The number of rotatable bonds is 8. The van der Waals surface area contributed by atoms with Gasteiger partial charge >= 0.3 is 0 Å². The third-order valence-corrected chi connectivity index (χ3v) is 3.68. The van der Waals surface area contributed by atoms with Crippen molar-refractivity contribution >= 4 is 0 Å². The molecule has 104 valence electrons. The maximum atomic E-state index is 5.70. The van der Waals surface area contributed by atoms with E-state index in [1.54, 1.807) is 7.11 Å². The number of ether oxygens (including phenoxy) is 2. The van der Waals surface area contributed by atoms with Crippen molar-refractivity contribution in [1.29, 1.82) is 0 Å². The highest BCUT2D eigenvalue weighted by Gasteiger charge is 2.08. The Kier molecular flexibility index (Phi) is 5.96. The van der Waals surface area contributed by atoms with E-state index in [4.69, 9.17) is 9.47 Å². The molecule has 0 saturated carbocycles. The average Bonchev–Trinajstić information content (AvgIpc) is 2.96. The van der Waals surface area contributed by atoms with Crippen molar-refractivity contribution in [1.82, 2.24) is 0 Å². The molecule has 0 spiro atoms. The second-order valence-corrected chi connectivity index (χ2v) is 5.21. The Bertz CT molecular complexity index is 373. The molecular formula is C17H24O2. The molecule has 1 aliphatic carbocycles. The first kappa shape index (κ1) is 14.1. The highest BCUT2D eigenvalue weighted by atomic mass is 16.5. The van der Waals surface area contributed by atoms with E-state index < -0.39 is 0 Å². The number of unbranched alkanes of at least 4 members (excludes halogenated alkanes) is 1. The number of methoxy groups -OCH3 is 1. The van der Waals surface area contributed by atoms with E-state index in [0.717, 1.165) is 18.3 Å². The number of benzene rings is 1. The Labute approximate surface area is 116 Å². The zero-order valence-electron chi connectivity index (χ0n) is 11.8. The number of allylic oxidation sites excluding steroid dienone is 2. The first-order valence-electron chi connectivity index (χ1n) is 7.24. The van der Waals surface area contributed by atoms with Gasteiger partial charge in [-0.3, -0.25) is 0 Å². The van der Waals surface area contributed by atoms with Crippen LogP contribution in [0, 0.1) is 5.92 Å². The van der Waals surface area contributed by atoms with Crippen LogP contribution in [-0.4, -0.2) is 13.7 Å². The second kappa shape index (κ2) is 8.00. The lowest BCUT2D eigenvalue weighted by atomic mass is 10.0. The van der Waals surface area contributed by atoms with E-state index in [2.05, 4.69) is 24.3 Å². The van der Waals surface area contributed by atoms with E-state index in [1.807, 2.05) is 12.1 Å². The largest absolute Gasteiger partial charge is 0.497 e. The first-order chi connectivity index (χ1) is 9.38.